The molecule has 4 rings (SSSR count). The molecule has 2 atom stereocenters. The Morgan fingerprint density at radius 3 is 2.27 bits per heavy atom. The normalized spacial score (nSPS) is 27.2. The van der Waals surface area contributed by atoms with Gasteiger partial charge >= 0.3 is 7.12 Å². The number of aliphatic hydroxyl groups excluding tert-OH is 1. The minimum absolute atomic E-state index is 0.104. The third kappa shape index (κ3) is 3.00. The van der Waals surface area contributed by atoms with Crippen LogP contribution in [0.5, 0.6) is 0 Å². The molecule has 1 aliphatic heterocycles. The molecule has 2 aliphatic rings. The fraction of sp³-hybridized carbons (Fsp3) is 0.550. The Hall–Kier alpha value is -1.63. The molecule has 1 saturated carbocycles. The average Bonchev–Trinajstić information content (AvgIpc) is 3.26. The fourth-order valence-electron chi connectivity index (χ4n) is 3.71. The van der Waals surface area contributed by atoms with Crippen molar-refractivity contribution in [3.8, 4) is 11.1 Å². The van der Waals surface area contributed by atoms with Crippen molar-refractivity contribution in [2.75, 3.05) is 0 Å². The highest BCUT2D eigenvalue weighted by atomic mass is 16.7. The third-order valence-electron chi connectivity index (χ3n) is 6.15. The SMILES string of the molecule is CC1(C)OB(c2ccc(-c3cnn([C@H]4CCC[C@@H]4O)c3)cc2)OC1(C)C. The summed E-state index contributed by atoms with van der Waals surface area (Å²) in [4.78, 5) is 0. The Balaban J connectivity index is 1.51. The maximum absolute atomic E-state index is 10.1. The summed E-state index contributed by atoms with van der Waals surface area (Å²) in [7, 11) is -0.342. The molecule has 2 aromatic rings. The second-order valence-corrected chi connectivity index (χ2v) is 8.48. The van der Waals surface area contributed by atoms with E-state index in [0.717, 1.165) is 35.9 Å². The van der Waals surface area contributed by atoms with E-state index in [9.17, 15) is 5.11 Å². The molecule has 2 heterocycles. The topological polar surface area (TPSA) is 56.5 Å². The number of aliphatic hydroxyl groups is 1. The number of nitrogens with zero attached hydrogens (tertiary/aromatic N) is 2. The van der Waals surface area contributed by atoms with Gasteiger partial charge in [-0.05, 0) is 58.0 Å². The molecule has 1 saturated heterocycles. The van der Waals surface area contributed by atoms with Crippen LogP contribution in [0.25, 0.3) is 11.1 Å². The zero-order valence-corrected chi connectivity index (χ0v) is 16.0. The van der Waals surface area contributed by atoms with Gasteiger partial charge in [-0.3, -0.25) is 4.68 Å². The summed E-state index contributed by atoms with van der Waals surface area (Å²) in [5.41, 5.74) is 2.51. The van der Waals surface area contributed by atoms with Gasteiger partial charge in [0.25, 0.3) is 0 Å². The molecule has 0 spiro atoms. The molecule has 0 bridgehead atoms. The van der Waals surface area contributed by atoms with Crippen molar-refractivity contribution in [3.63, 3.8) is 0 Å². The van der Waals surface area contributed by atoms with Crippen LogP contribution in [-0.4, -0.2) is 39.3 Å². The van der Waals surface area contributed by atoms with Gasteiger partial charge < -0.3 is 14.4 Å². The van der Waals surface area contributed by atoms with Crippen LogP contribution in [0.2, 0.25) is 0 Å². The van der Waals surface area contributed by atoms with Gasteiger partial charge in [0.2, 0.25) is 0 Å². The lowest BCUT2D eigenvalue weighted by molar-refractivity contribution is 0.00578. The second-order valence-electron chi connectivity index (χ2n) is 8.48. The van der Waals surface area contributed by atoms with Crippen molar-refractivity contribution in [2.24, 2.45) is 0 Å². The molecule has 5 nitrogen and oxygen atoms in total. The number of hydrogen-bond donors (Lipinski definition) is 1. The smallest absolute Gasteiger partial charge is 0.399 e. The van der Waals surface area contributed by atoms with E-state index >= 15 is 0 Å². The monoisotopic (exact) mass is 354 g/mol. The molecular weight excluding hydrogens is 327 g/mol. The number of rotatable bonds is 3. The minimum atomic E-state index is -0.342. The van der Waals surface area contributed by atoms with Gasteiger partial charge in [-0.1, -0.05) is 24.3 Å². The minimum Gasteiger partial charge on any atom is -0.399 e. The molecule has 1 aliphatic carbocycles. The van der Waals surface area contributed by atoms with Crippen molar-refractivity contribution in [3.05, 3.63) is 36.7 Å². The van der Waals surface area contributed by atoms with Gasteiger partial charge in [0.15, 0.2) is 0 Å². The Morgan fingerprint density at radius 1 is 1.04 bits per heavy atom. The highest BCUT2D eigenvalue weighted by molar-refractivity contribution is 6.62. The zero-order valence-electron chi connectivity index (χ0n) is 16.0. The van der Waals surface area contributed by atoms with Crippen molar-refractivity contribution >= 4 is 12.6 Å². The van der Waals surface area contributed by atoms with Gasteiger partial charge in [0.1, 0.15) is 0 Å². The van der Waals surface area contributed by atoms with Crippen LogP contribution in [-0.2, 0) is 9.31 Å². The first kappa shape index (κ1) is 17.8. The average molecular weight is 354 g/mol. The van der Waals surface area contributed by atoms with Crippen LogP contribution in [0.1, 0.15) is 53.0 Å². The summed E-state index contributed by atoms with van der Waals surface area (Å²) in [5, 5.41) is 14.5. The highest BCUT2D eigenvalue weighted by Crippen LogP contribution is 2.36. The number of hydrogen-bond acceptors (Lipinski definition) is 4. The summed E-state index contributed by atoms with van der Waals surface area (Å²) in [6, 6.07) is 8.37. The van der Waals surface area contributed by atoms with Gasteiger partial charge in [0, 0.05) is 11.8 Å². The van der Waals surface area contributed by atoms with Crippen LogP contribution >= 0.6 is 0 Å². The van der Waals surface area contributed by atoms with Crippen molar-refractivity contribution < 1.29 is 14.4 Å². The van der Waals surface area contributed by atoms with Crippen molar-refractivity contribution in [1.29, 1.82) is 0 Å². The molecule has 0 radical (unpaired) electrons. The summed E-state index contributed by atoms with van der Waals surface area (Å²) in [6.07, 6.45) is 6.53. The largest absolute Gasteiger partial charge is 0.494 e. The van der Waals surface area contributed by atoms with Crippen LogP contribution in [0.15, 0.2) is 36.7 Å². The third-order valence-corrected chi connectivity index (χ3v) is 6.15. The standard InChI is InChI=1S/C20H27BN2O3/c1-19(2)20(3,4)26-21(25-19)16-10-8-14(9-11-16)15-12-22-23(13-15)17-6-5-7-18(17)24/h8-13,17-18,24H,5-7H2,1-4H3/t17-,18-/m0/s1. The first-order valence-corrected chi connectivity index (χ1v) is 9.45. The van der Waals surface area contributed by atoms with Gasteiger partial charge in [-0.25, -0.2) is 0 Å². The van der Waals surface area contributed by atoms with Crippen LogP contribution in [0.4, 0.5) is 0 Å². The van der Waals surface area contributed by atoms with E-state index < -0.39 is 0 Å². The lowest BCUT2D eigenvalue weighted by atomic mass is 9.78. The first-order valence-electron chi connectivity index (χ1n) is 9.45. The molecule has 138 valence electrons. The van der Waals surface area contributed by atoms with E-state index in [1.807, 2.05) is 17.1 Å². The predicted octanol–water partition coefficient (Wildman–Crippen LogP) is 2.94. The Morgan fingerprint density at radius 2 is 1.69 bits per heavy atom. The fourth-order valence-corrected chi connectivity index (χ4v) is 3.71. The van der Waals surface area contributed by atoms with Crippen molar-refractivity contribution in [1.82, 2.24) is 9.78 Å². The lowest BCUT2D eigenvalue weighted by Crippen LogP contribution is -2.41. The Labute approximate surface area is 155 Å². The molecule has 1 aromatic heterocycles. The molecule has 6 heteroatoms. The maximum Gasteiger partial charge on any atom is 0.494 e. The van der Waals surface area contributed by atoms with E-state index in [1.54, 1.807) is 0 Å². The number of aromatic nitrogens is 2. The quantitative estimate of drug-likeness (QED) is 0.862. The summed E-state index contributed by atoms with van der Waals surface area (Å²) < 4.78 is 14.1. The van der Waals surface area contributed by atoms with Gasteiger partial charge in [-0.2, -0.15) is 5.10 Å². The van der Waals surface area contributed by atoms with E-state index in [4.69, 9.17) is 9.31 Å². The van der Waals surface area contributed by atoms with Gasteiger partial charge in [-0.15, -0.1) is 0 Å². The summed E-state index contributed by atoms with van der Waals surface area (Å²) in [6.45, 7) is 8.25. The van der Waals surface area contributed by atoms with Crippen molar-refractivity contribution in [2.45, 2.75) is 70.3 Å². The second kappa shape index (κ2) is 6.22. The maximum atomic E-state index is 10.1. The molecule has 26 heavy (non-hydrogen) atoms. The molecular formula is C20H27BN2O3. The molecule has 1 N–H and O–H groups in total. The van der Waals surface area contributed by atoms with Crippen LogP contribution < -0.4 is 5.46 Å². The van der Waals surface area contributed by atoms with E-state index in [0.29, 0.717) is 0 Å². The van der Waals surface area contributed by atoms with E-state index in [2.05, 4.69) is 57.1 Å². The summed E-state index contributed by atoms with van der Waals surface area (Å²) in [5.74, 6) is 0. The Bertz CT molecular complexity index is 769. The predicted molar refractivity (Wildman–Crippen MR) is 102 cm³/mol. The lowest BCUT2D eigenvalue weighted by Gasteiger charge is -2.32. The van der Waals surface area contributed by atoms with Crippen LogP contribution in [0, 0.1) is 0 Å². The molecule has 0 amide bonds. The van der Waals surface area contributed by atoms with Crippen LogP contribution in [0.3, 0.4) is 0 Å². The van der Waals surface area contributed by atoms with E-state index in [-0.39, 0.29) is 30.5 Å². The first-order chi connectivity index (χ1) is 12.3. The molecule has 2 fully saturated rings. The zero-order chi connectivity index (χ0) is 18.5. The highest BCUT2D eigenvalue weighted by Gasteiger charge is 2.51. The number of benzene rings is 1. The Kier molecular flexibility index (Phi) is 4.25. The van der Waals surface area contributed by atoms with E-state index in [1.165, 1.54) is 0 Å². The van der Waals surface area contributed by atoms with Gasteiger partial charge in [0.05, 0.1) is 29.5 Å². The summed E-state index contributed by atoms with van der Waals surface area (Å²) >= 11 is 0. The molecule has 0 unspecified atom stereocenters. The molecule has 1 aromatic carbocycles.